The van der Waals surface area contributed by atoms with Crippen molar-refractivity contribution in [1.82, 2.24) is 0 Å². The Morgan fingerprint density at radius 1 is 1.39 bits per heavy atom. The summed E-state index contributed by atoms with van der Waals surface area (Å²) in [4.78, 5) is 11.0. The molecule has 0 fully saturated rings. The van der Waals surface area contributed by atoms with Gasteiger partial charge >= 0.3 is 5.97 Å². The van der Waals surface area contributed by atoms with Crippen LogP contribution in [0, 0.1) is 5.41 Å². The van der Waals surface area contributed by atoms with E-state index in [2.05, 4.69) is 6.58 Å². The smallest absolute Gasteiger partial charge is 0.330 e. The minimum Gasteiger partial charge on any atom is -0.493 e. The lowest BCUT2D eigenvalue weighted by atomic mass is 9.94. The lowest BCUT2D eigenvalue weighted by Crippen LogP contribution is -2.35. The van der Waals surface area contributed by atoms with Gasteiger partial charge in [0, 0.05) is 6.08 Å². The van der Waals surface area contributed by atoms with Gasteiger partial charge in [-0.05, 0) is 12.1 Å². The fraction of sp³-hybridized carbons (Fsp3) is 0.357. The quantitative estimate of drug-likeness (QED) is 0.592. The van der Waals surface area contributed by atoms with E-state index >= 15 is 0 Å². The molecular formula is C14H18O4. The lowest BCUT2D eigenvalue weighted by Gasteiger charge is -2.26. The SMILES string of the molecule is C=CC(=O)OCC(C)(CO)COc1ccccc1. The van der Waals surface area contributed by atoms with Gasteiger partial charge < -0.3 is 14.6 Å². The third kappa shape index (κ3) is 4.59. The average molecular weight is 250 g/mol. The van der Waals surface area contributed by atoms with Gasteiger partial charge in [0.2, 0.25) is 0 Å². The predicted octanol–water partition coefficient (Wildman–Crippen LogP) is 1.79. The number of aliphatic hydroxyl groups is 1. The van der Waals surface area contributed by atoms with Crippen LogP contribution in [-0.4, -0.2) is 30.9 Å². The van der Waals surface area contributed by atoms with E-state index in [1.807, 2.05) is 30.3 Å². The van der Waals surface area contributed by atoms with Crippen LogP contribution in [0.2, 0.25) is 0 Å². The van der Waals surface area contributed by atoms with Crippen molar-refractivity contribution in [2.24, 2.45) is 5.41 Å². The molecule has 4 heteroatoms. The molecule has 0 radical (unpaired) electrons. The van der Waals surface area contributed by atoms with Gasteiger partial charge in [-0.15, -0.1) is 0 Å². The Hall–Kier alpha value is -1.81. The summed E-state index contributed by atoms with van der Waals surface area (Å²) in [6, 6.07) is 9.28. The second-order valence-electron chi connectivity index (χ2n) is 4.38. The molecule has 4 nitrogen and oxygen atoms in total. The highest BCUT2D eigenvalue weighted by Crippen LogP contribution is 2.19. The van der Waals surface area contributed by atoms with Crippen LogP contribution in [0.25, 0.3) is 0 Å². The summed E-state index contributed by atoms with van der Waals surface area (Å²) >= 11 is 0. The van der Waals surface area contributed by atoms with Crippen LogP contribution >= 0.6 is 0 Å². The number of para-hydroxylation sites is 1. The first-order valence-corrected chi connectivity index (χ1v) is 5.67. The molecule has 0 saturated carbocycles. The molecular weight excluding hydrogens is 232 g/mol. The van der Waals surface area contributed by atoms with Gasteiger partial charge in [-0.3, -0.25) is 0 Å². The molecule has 1 N–H and O–H groups in total. The summed E-state index contributed by atoms with van der Waals surface area (Å²) < 4.78 is 10.5. The van der Waals surface area contributed by atoms with E-state index in [0.717, 1.165) is 6.08 Å². The molecule has 1 rings (SSSR count). The molecule has 0 aliphatic carbocycles. The summed E-state index contributed by atoms with van der Waals surface area (Å²) in [6.45, 7) is 5.31. The van der Waals surface area contributed by atoms with Gasteiger partial charge in [-0.1, -0.05) is 31.7 Å². The Kier molecular flexibility index (Phi) is 5.39. The molecule has 98 valence electrons. The van der Waals surface area contributed by atoms with Crippen LogP contribution in [0.4, 0.5) is 0 Å². The zero-order valence-corrected chi connectivity index (χ0v) is 10.5. The number of ether oxygens (including phenoxy) is 2. The van der Waals surface area contributed by atoms with E-state index in [0.29, 0.717) is 5.75 Å². The number of rotatable bonds is 7. The minimum atomic E-state index is -0.630. The van der Waals surface area contributed by atoms with Gasteiger partial charge in [0.25, 0.3) is 0 Å². The average Bonchev–Trinajstić information content (AvgIpc) is 2.43. The monoisotopic (exact) mass is 250 g/mol. The van der Waals surface area contributed by atoms with E-state index in [4.69, 9.17) is 9.47 Å². The van der Waals surface area contributed by atoms with E-state index in [1.54, 1.807) is 6.92 Å². The molecule has 1 unspecified atom stereocenters. The highest BCUT2D eigenvalue weighted by molar-refractivity contribution is 5.81. The van der Waals surface area contributed by atoms with Gasteiger partial charge in [-0.2, -0.15) is 0 Å². The van der Waals surface area contributed by atoms with Crippen LogP contribution in [0.1, 0.15) is 6.92 Å². The van der Waals surface area contributed by atoms with Crippen molar-refractivity contribution in [2.75, 3.05) is 19.8 Å². The number of hydrogen-bond donors (Lipinski definition) is 1. The van der Waals surface area contributed by atoms with Crippen molar-refractivity contribution < 1.29 is 19.4 Å². The maximum atomic E-state index is 11.0. The molecule has 0 spiro atoms. The standard InChI is InChI=1S/C14H18O4/c1-3-13(16)18-11-14(2,9-15)10-17-12-7-5-4-6-8-12/h3-8,15H,1,9-11H2,2H3. The molecule has 0 bridgehead atoms. The summed E-state index contributed by atoms with van der Waals surface area (Å²) in [5, 5.41) is 9.35. The molecule has 18 heavy (non-hydrogen) atoms. The fourth-order valence-corrected chi connectivity index (χ4v) is 1.21. The minimum absolute atomic E-state index is 0.0845. The molecule has 0 aliphatic rings. The number of esters is 1. The lowest BCUT2D eigenvalue weighted by molar-refractivity contribution is -0.142. The van der Waals surface area contributed by atoms with Gasteiger partial charge in [0.05, 0.1) is 18.6 Å². The Balaban J connectivity index is 2.49. The number of aliphatic hydroxyl groups excluding tert-OH is 1. The summed E-state index contributed by atoms with van der Waals surface area (Å²) in [6.07, 6.45) is 1.09. The molecule has 1 aromatic carbocycles. The van der Waals surface area contributed by atoms with Gasteiger partial charge in [0.1, 0.15) is 12.4 Å². The Labute approximate surface area is 107 Å². The van der Waals surface area contributed by atoms with Crippen molar-refractivity contribution in [3.8, 4) is 5.75 Å². The number of carbonyl (C=O) groups excluding carboxylic acids is 1. The molecule has 0 amide bonds. The zero-order valence-electron chi connectivity index (χ0n) is 10.5. The first-order valence-electron chi connectivity index (χ1n) is 5.67. The highest BCUT2D eigenvalue weighted by atomic mass is 16.5. The summed E-state index contributed by atoms with van der Waals surface area (Å²) in [5.41, 5.74) is -0.630. The second-order valence-corrected chi connectivity index (χ2v) is 4.38. The van der Waals surface area contributed by atoms with E-state index in [1.165, 1.54) is 0 Å². The first kappa shape index (κ1) is 14.3. The van der Waals surface area contributed by atoms with Crippen molar-refractivity contribution in [3.05, 3.63) is 43.0 Å². The van der Waals surface area contributed by atoms with E-state index in [9.17, 15) is 9.90 Å². The van der Waals surface area contributed by atoms with Crippen molar-refractivity contribution in [2.45, 2.75) is 6.92 Å². The predicted molar refractivity (Wildman–Crippen MR) is 68.3 cm³/mol. The Bertz CT molecular complexity index is 388. The van der Waals surface area contributed by atoms with Crippen LogP contribution < -0.4 is 4.74 Å². The topological polar surface area (TPSA) is 55.8 Å². The van der Waals surface area contributed by atoms with Crippen LogP contribution in [0.5, 0.6) is 5.75 Å². The number of benzene rings is 1. The highest BCUT2D eigenvalue weighted by Gasteiger charge is 2.26. The molecule has 1 aromatic rings. The molecule has 1 atom stereocenters. The number of hydrogen-bond acceptors (Lipinski definition) is 4. The molecule has 0 saturated heterocycles. The van der Waals surface area contributed by atoms with Gasteiger partial charge in [0.15, 0.2) is 0 Å². The maximum absolute atomic E-state index is 11.0. The second kappa shape index (κ2) is 6.81. The molecule has 0 aliphatic heterocycles. The summed E-state index contributed by atoms with van der Waals surface area (Å²) in [5.74, 6) is 0.210. The summed E-state index contributed by atoms with van der Waals surface area (Å²) in [7, 11) is 0. The molecule has 0 aromatic heterocycles. The third-order valence-electron chi connectivity index (χ3n) is 2.44. The Morgan fingerprint density at radius 2 is 2.06 bits per heavy atom. The van der Waals surface area contributed by atoms with Crippen molar-refractivity contribution in [3.63, 3.8) is 0 Å². The van der Waals surface area contributed by atoms with Gasteiger partial charge in [-0.25, -0.2) is 4.79 Å². The maximum Gasteiger partial charge on any atom is 0.330 e. The van der Waals surface area contributed by atoms with Crippen molar-refractivity contribution in [1.29, 1.82) is 0 Å². The van der Waals surface area contributed by atoms with Crippen LogP contribution in [0.15, 0.2) is 43.0 Å². The number of carbonyl (C=O) groups is 1. The van der Waals surface area contributed by atoms with E-state index in [-0.39, 0.29) is 19.8 Å². The normalized spacial score (nSPS) is 13.4. The molecule has 0 heterocycles. The Morgan fingerprint density at radius 3 is 2.61 bits per heavy atom. The first-order chi connectivity index (χ1) is 8.59. The van der Waals surface area contributed by atoms with Crippen LogP contribution in [-0.2, 0) is 9.53 Å². The van der Waals surface area contributed by atoms with E-state index < -0.39 is 11.4 Å². The third-order valence-corrected chi connectivity index (χ3v) is 2.44. The van der Waals surface area contributed by atoms with Crippen molar-refractivity contribution >= 4 is 5.97 Å². The fourth-order valence-electron chi connectivity index (χ4n) is 1.21. The largest absolute Gasteiger partial charge is 0.493 e. The van der Waals surface area contributed by atoms with Crippen LogP contribution in [0.3, 0.4) is 0 Å². The zero-order chi connectivity index (χ0) is 13.4.